The maximum atomic E-state index is 12.7. The van der Waals surface area contributed by atoms with Crippen LogP contribution >= 0.6 is 11.8 Å². The van der Waals surface area contributed by atoms with E-state index in [0.717, 1.165) is 29.1 Å². The van der Waals surface area contributed by atoms with Crippen LogP contribution in [0.15, 0.2) is 47.4 Å². The van der Waals surface area contributed by atoms with Crippen LogP contribution in [0.4, 0.5) is 4.79 Å². The molecule has 1 saturated heterocycles. The Morgan fingerprint density at radius 1 is 1.10 bits per heavy atom. The van der Waals surface area contributed by atoms with Crippen molar-refractivity contribution in [2.45, 2.75) is 13.5 Å². The molecular weight excluding hydrogens is 414 g/mol. The van der Waals surface area contributed by atoms with Crippen LogP contribution in [0.5, 0.6) is 11.5 Å². The number of ether oxygens (including phenoxy) is 1. The van der Waals surface area contributed by atoms with E-state index in [1.54, 1.807) is 12.1 Å². The third-order valence-electron chi connectivity index (χ3n) is 4.02. The first-order chi connectivity index (χ1) is 13.7. The maximum absolute atomic E-state index is 12.7. The number of rotatable bonds is 6. The largest absolute Gasteiger partial charge is 0.493 e. The van der Waals surface area contributed by atoms with Crippen molar-refractivity contribution < 1.29 is 26.9 Å². The number of amides is 2. The van der Waals surface area contributed by atoms with Gasteiger partial charge in [-0.05, 0) is 48.0 Å². The molecule has 0 saturated carbocycles. The number of carbonyl (C=O) groups is 2. The Hall–Kier alpha value is -2.78. The molecule has 9 heteroatoms. The highest BCUT2D eigenvalue weighted by Crippen LogP contribution is 2.35. The van der Waals surface area contributed by atoms with Crippen LogP contribution < -0.4 is 8.92 Å². The van der Waals surface area contributed by atoms with Gasteiger partial charge in [0.05, 0.1) is 24.8 Å². The monoisotopic (exact) mass is 433 g/mol. The van der Waals surface area contributed by atoms with Crippen molar-refractivity contribution in [2.75, 3.05) is 13.4 Å². The normalized spacial score (nSPS) is 15.8. The highest BCUT2D eigenvalue weighted by molar-refractivity contribution is 8.18. The van der Waals surface area contributed by atoms with Gasteiger partial charge in [-0.3, -0.25) is 14.5 Å². The first-order valence-electron chi connectivity index (χ1n) is 8.54. The number of nitrogens with zero attached hydrogens (tertiary/aromatic N) is 1. The molecule has 2 amide bonds. The minimum absolute atomic E-state index is 0.0414. The van der Waals surface area contributed by atoms with Crippen LogP contribution in [0.1, 0.15) is 16.7 Å². The van der Waals surface area contributed by atoms with Gasteiger partial charge in [0.25, 0.3) is 11.1 Å². The molecule has 2 aromatic carbocycles. The lowest BCUT2D eigenvalue weighted by molar-refractivity contribution is -0.123. The molecule has 1 aliphatic rings. The molecule has 0 aliphatic carbocycles. The highest BCUT2D eigenvalue weighted by atomic mass is 32.2. The van der Waals surface area contributed by atoms with E-state index >= 15 is 0 Å². The van der Waals surface area contributed by atoms with Crippen molar-refractivity contribution in [1.29, 1.82) is 0 Å². The molecule has 0 atom stereocenters. The third kappa shape index (κ3) is 5.18. The molecule has 0 aromatic heterocycles. The zero-order valence-electron chi connectivity index (χ0n) is 16.0. The fourth-order valence-electron chi connectivity index (χ4n) is 2.79. The minimum atomic E-state index is -3.71. The van der Waals surface area contributed by atoms with Crippen molar-refractivity contribution in [1.82, 2.24) is 4.90 Å². The Bertz CT molecular complexity index is 1110. The fourth-order valence-corrected chi connectivity index (χ4v) is 4.09. The summed E-state index contributed by atoms with van der Waals surface area (Å²) in [6.07, 6.45) is 2.50. The van der Waals surface area contributed by atoms with Crippen LogP contribution in [0, 0.1) is 6.92 Å². The second-order valence-electron chi connectivity index (χ2n) is 6.45. The van der Waals surface area contributed by atoms with Gasteiger partial charge in [0.15, 0.2) is 11.5 Å². The fraction of sp³-hybridized carbons (Fsp3) is 0.200. The molecule has 0 N–H and O–H groups in total. The van der Waals surface area contributed by atoms with Gasteiger partial charge in [-0.15, -0.1) is 0 Å². The van der Waals surface area contributed by atoms with E-state index in [-0.39, 0.29) is 34.1 Å². The van der Waals surface area contributed by atoms with E-state index in [4.69, 9.17) is 8.92 Å². The van der Waals surface area contributed by atoms with Crippen LogP contribution in [-0.4, -0.2) is 37.8 Å². The lowest BCUT2D eigenvalue weighted by Gasteiger charge is -2.12. The third-order valence-corrected chi connectivity index (χ3v) is 5.41. The molecule has 7 nitrogen and oxygen atoms in total. The van der Waals surface area contributed by atoms with E-state index in [1.807, 2.05) is 31.2 Å². The number of methoxy groups -OCH3 is 1. The maximum Gasteiger partial charge on any atom is 0.306 e. The van der Waals surface area contributed by atoms with Crippen LogP contribution in [0.3, 0.4) is 0 Å². The molecule has 0 bridgehead atoms. The van der Waals surface area contributed by atoms with Gasteiger partial charge in [0.2, 0.25) is 0 Å². The van der Waals surface area contributed by atoms with Gasteiger partial charge in [0.1, 0.15) is 0 Å². The first-order valence-corrected chi connectivity index (χ1v) is 11.2. The quantitative estimate of drug-likeness (QED) is 0.508. The first kappa shape index (κ1) is 20.9. The van der Waals surface area contributed by atoms with Crippen molar-refractivity contribution in [2.24, 2.45) is 0 Å². The molecular formula is C20H19NO6S2. The number of aryl methyl sites for hydroxylation is 1. The summed E-state index contributed by atoms with van der Waals surface area (Å²) in [4.78, 5) is 26.5. The predicted molar refractivity (Wildman–Crippen MR) is 111 cm³/mol. The van der Waals surface area contributed by atoms with E-state index < -0.39 is 10.1 Å². The van der Waals surface area contributed by atoms with Crippen molar-refractivity contribution in [3.63, 3.8) is 0 Å². The Labute approximate surface area is 173 Å². The van der Waals surface area contributed by atoms with Crippen molar-refractivity contribution in [3.8, 4) is 11.5 Å². The van der Waals surface area contributed by atoms with E-state index in [2.05, 4.69) is 0 Å². The molecule has 2 aromatic rings. The van der Waals surface area contributed by atoms with Gasteiger partial charge in [-0.2, -0.15) is 8.42 Å². The summed E-state index contributed by atoms with van der Waals surface area (Å²) in [5.41, 5.74) is 2.50. The molecule has 0 unspecified atom stereocenters. The molecule has 0 spiro atoms. The molecule has 0 radical (unpaired) electrons. The zero-order chi connectivity index (χ0) is 21.2. The summed E-state index contributed by atoms with van der Waals surface area (Å²) >= 11 is 0.858. The number of hydrogen-bond acceptors (Lipinski definition) is 7. The van der Waals surface area contributed by atoms with Crippen molar-refractivity contribution in [3.05, 3.63) is 64.1 Å². The molecule has 3 rings (SSSR count). The molecule has 1 aliphatic heterocycles. The zero-order valence-corrected chi connectivity index (χ0v) is 17.7. The number of carbonyl (C=O) groups excluding carboxylic acids is 2. The van der Waals surface area contributed by atoms with Crippen LogP contribution in [-0.2, 0) is 21.5 Å². The van der Waals surface area contributed by atoms with Gasteiger partial charge in [0, 0.05) is 0 Å². The summed E-state index contributed by atoms with van der Waals surface area (Å²) in [6, 6.07) is 12.2. The average molecular weight is 434 g/mol. The number of imide groups is 1. The SMILES string of the molecule is COc1cc(/C=C2\SC(=O)N(Cc3cccc(C)c3)C2=O)ccc1OS(C)(=O)=O. The Morgan fingerprint density at radius 3 is 2.52 bits per heavy atom. The number of hydrogen-bond donors (Lipinski definition) is 0. The van der Waals surface area contributed by atoms with Gasteiger partial charge in [-0.1, -0.05) is 35.9 Å². The molecule has 29 heavy (non-hydrogen) atoms. The van der Waals surface area contributed by atoms with Gasteiger partial charge < -0.3 is 8.92 Å². The summed E-state index contributed by atoms with van der Waals surface area (Å²) < 4.78 is 32.7. The summed E-state index contributed by atoms with van der Waals surface area (Å²) in [5.74, 6) is -0.139. The summed E-state index contributed by atoms with van der Waals surface area (Å²) in [6.45, 7) is 2.15. The molecule has 152 valence electrons. The second kappa shape index (κ2) is 8.30. The summed E-state index contributed by atoms with van der Waals surface area (Å²) in [7, 11) is -2.33. The second-order valence-corrected chi connectivity index (χ2v) is 9.02. The van der Waals surface area contributed by atoms with Crippen LogP contribution in [0.25, 0.3) is 6.08 Å². The van der Waals surface area contributed by atoms with E-state index in [9.17, 15) is 18.0 Å². The van der Waals surface area contributed by atoms with E-state index in [0.29, 0.717) is 5.56 Å². The Morgan fingerprint density at radius 2 is 1.86 bits per heavy atom. The highest BCUT2D eigenvalue weighted by Gasteiger charge is 2.35. The Balaban J connectivity index is 1.83. The lowest BCUT2D eigenvalue weighted by Crippen LogP contribution is -2.27. The topological polar surface area (TPSA) is 90.0 Å². The molecule has 1 heterocycles. The standard InChI is InChI=1S/C20H19NO6S2/c1-13-5-4-6-15(9-13)12-21-19(22)18(28-20(21)23)11-14-7-8-16(17(10-14)26-2)27-29(3,24)25/h4-11H,12H2,1-3H3/b18-11-. The van der Waals surface area contributed by atoms with Crippen molar-refractivity contribution >= 4 is 39.1 Å². The predicted octanol–water partition coefficient (Wildman–Crippen LogP) is 3.58. The van der Waals surface area contributed by atoms with Crippen LogP contribution in [0.2, 0.25) is 0 Å². The molecule has 1 fully saturated rings. The van der Waals surface area contributed by atoms with Gasteiger partial charge in [-0.25, -0.2) is 0 Å². The van der Waals surface area contributed by atoms with E-state index in [1.165, 1.54) is 24.1 Å². The number of benzene rings is 2. The van der Waals surface area contributed by atoms with Gasteiger partial charge >= 0.3 is 10.1 Å². The minimum Gasteiger partial charge on any atom is -0.493 e. The Kier molecular flexibility index (Phi) is 5.99. The summed E-state index contributed by atoms with van der Waals surface area (Å²) in [5, 5.41) is -0.341. The lowest BCUT2D eigenvalue weighted by atomic mass is 10.1. The average Bonchev–Trinajstić information content (AvgIpc) is 2.89. The smallest absolute Gasteiger partial charge is 0.306 e. The number of thioether (sulfide) groups is 1.